The van der Waals surface area contributed by atoms with Crippen LogP contribution in [0.3, 0.4) is 0 Å². The van der Waals surface area contributed by atoms with Crippen LogP contribution in [0.25, 0.3) is 0 Å². The van der Waals surface area contributed by atoms with Gasteiger partial charge in [-0.3, -0.25) is 4.79 Å². The maximum absolute atomic E-state index is 13.4. The van der Waals surface area contributed by atoms with E-state index in [1.165, 1.54) is 0 Å². The Morgan fingerprint density at radius 3 is 2.59 bits per heavy atom. The van der Waals surface area contributed by atoms with E-state index < -0.39 is 11.6 Å². The zero-order valence-corrected chi connectivity index (χ0v) is 12.9. The number of amides is 1. The molecule has 0 N–H and O–H groups in total. The standard InChI is InChI=1S/C17H15F2NOS/c1-11-6-7-20(15-4-2-3-5-16(15)22-11)17(21)12-8-13(18)10-14(19)9-12/h2-5,8-11H,6-7H2,1H3. The first-order valence-corrected chi connectivity index (χ1v) is 7.96. The molecule has 2 nitrogen and oxygen atoms in total. The lowest BCUT2D eigenvalue weighted by Gasteiger charge is -2.22. The molecule has 1 amide bonds. The van der Waals surface area contributed by atoms with Gasteiger partial charge in [-0.05, 0) is 30.7 Å². The second-order valence-corrected chi connectivity index (χ2v) is 6.78. The number of rotatable bonds is 1. The number of hydrogen-bond donors (Lipinski definition) is 0. The molecule has 0 spiro atoms. The molecule has 2 aromatic rings. The molecule has 1 unspecified atom stereocenters. The first kappa shape index (κ1) is 15.0. The minimum Gasteiger partial charge on any atom is -0.307 e. The lowest BCUT2D eigenvalue weighted by Crippen LogP contribution is -2.32. The fraction of sp³-hybridized carbons (Fsp3) is 0.235. The molecular formula is C17H15F2NOS. The van der Waals surface area contributed by atoms with E-state index >= 15 is 0 Å². The third-order valence-corrected chi connectivity index (χ3v) is 4.84. The van der Waals surface area contributed by atoms with Crippen molar-refractivity contribution < 1.29 is 13.6 Å². The second kappa shape index (κ2) is 6.08. The highest BCUT2D eigenvalue weighted by Gasteiger charge is 2.25. The van der Waals surface area contributed by atoms with Gasteiger partial charge in [0.05, 0.1) is 5.69 Å². The van der Waals surface area contributed by atoms with Gasteiger partial charge in [-0.15, -0.1) is 11.8 Å². The molecule has 0 bridgehead atoms. The summed E-state index contributed by atoms with van der Waals surface area (Å²) in [6, 6.07) is 10.6. The van der Waals surface area contributed by atoms with Crippen LogP contribution < -0.4 is 4.90 Å². The molecule has 1 atom stereocenters. The monoisotopic (exact) mass is 319 g/mol. The largest absolute Gasteiger partial charge is 0.307 e. The molecule has 1 aliphatic heterocycles. The molecule has 22 heavy (non-hydrogen) atoms. The number of fused-ring (bicyclic) bond motifs is 1. The third-order valence-electron chi connectivity index (χ3n) is 3.60. The molecule has 3 rings (SSSR count). The smallest absolute Gasteiger partial charge is 0.258 e. The van der Waals surface area contributed by atoms with Gasteiger partial charge in [0.1, 0.15) is 11.6 Å². The first-order valence-electron chi connectivity index (χ1n) is 7.08. The number of hydrogen-bond acceptors (Lipinski definition) is 2. The average Bonchev–Trinajstić information content (AvgIpc) is 2.64. The third kappa shape index (κ3) is 2.99. The number of para-hydroxylation sites is 1. The minimum atomic E-state index is -0.741. The number of thioether (sulfide) groups is 1. The average molecular weight is 319 g/mol. The Balaban J connectivity index is 2.01. The van der Waals surface area contributed by atoms with Gasteiger partial charge in [-0.2, -0.15) is 0 Å². The lowest BCUT2D eigenvalue weighted by atomic mass is 10.1. The van der Waals surface area contributed by atoms with E-state index in [4.69, 9.17) is 0 Å². The minimum absolute atomic E-state index is 0.0341. The topological polar surface area (TPSA) is 20.3 Å². The maximum Gasteiger partial charge on any atom is 0.258 e. The highest BCUT2D eigenvalue weighted by atomic mass is 32.2. The van der Waals surface area contributed by atoms with Crippen molar-refractivity contribution in [2.75, 3.05) is 11.4 Å². The van der Waals surface area contributed by atoms with Crippen LogP contribution in [-0.2, 0) is 0 Å². The van der Waals surface area contributed by atoms with Gasteiger partial charge in [-0.1, -0.05) is 19.1 Å². The summed E-state index contributed by atoms with van der Waals surface area (Å²) in [4.78, 5) is 15.3. The molecule has 1 heterocycles. The van der Waals surface area contributed by atoms with Gasteiger partial charge in [0.25, 0.3) is 5.91 Å². The van der Waals surface area contributed by atoms with Gasteiger partial charge in [0.15, 0.2) is 0 Å². The normalized spacial score (nSPS) is 17.8. The van der Waals surface area contributed by atoms with Crippen molar-refractivity contribution in [3.63, 3.8) is 0 Å². The summed E-state index contributed by atoms with van der Waals surface area (Å²) < 4.78 is 26.8. The zero-order valence-electron chi connectivity index (χ0n) is 12.1. The van der Waals surface area contributed by atoms with Crippen molar-refractivity contribution in [2.24, 2.45) is 0 Å². The number of carbonyl (C=O) groups excluding carboxylic acids is 1. The number of benzene rings is 2. The highest BCUT2D eigenvalue weighted by Crippen LogP contribution is 2.37. The molecule has 0 aliphatic carbocycles. The molecule has 0 fully saturated rings. The van der Waals surface area contributed by atoms with Gasteiger partial charge in [-0.25, -0.2) is 8.78 Å². The maximum atomic E-state index is 13.4. The summed E-state index contributed by atoms with van der Waals surface area (Å²) in [5, 5.41) is 0.378. The van der Waals surface area contributed by atoms with E-state index in [2.05, 4.69) is 6.92 Å². The van der Waals surface area contributed by atoms with Crippen LogP contribution in [0.4, 0.5) is 14.5 Å². The molecule has 0 aromatic heterocycles. The Bertz CT molecular complexity index is 699. The predicted molar refractivity (Wildman–Crippen MR) is 84.4 cm³/mol. The molecule has 0 saturated heterocycles. The van der Waals surface area contributed by atoms with Crippen LogP contribution in [0.15, 0.2) is 47.4 Å². The fourth-order valence-electron chi connectivity index (χ4n) is 2.53. The van der Waals surface area contributed by atoms with Crippen LogP contribution in [0.2, 0.25) is 0 Å². The fourth-order valence-corrected chi connectivity index (χ4v) is 3.64. The molecule has 0 saturated carbocycles. The van der Waals surface area contributed by atoms with Crippen molar-refractivity contribution >= 4 is 23.4 Å². The zero-order chi connectivity index (χ0) is 15.7. The molecule has 5 heteroatoms. The van der Waals surface area contributed by atoms with Crippen molar-refractivity contribution in [3.8, 4) is 0 Å². The molecule has 1 aliphatic rings. The van der Waals surface area contributed by atoms with E-state index in [0.717, 1.165) is 35.2 Å². The summed E-state index contributed by atoms with van der Waals surface area (Å²) >= 11 is 1.71. The number of nitrogens with zero attached hydrogens (tertiary/aromatic N) is 1. The van der Waals surface area contributed by atoms with E-state index in [1.54, 1.807) is 16.7 Å². The molecule has 114 valence electrons. The van der Waals surface area contributed by atoms with Crippen LogP contribution in [-0.4, -0.2) is 17.7 Å². The second-order valence-electron chi connectivity index (χ2n) is 5.30. The molecule has 2 aromatic carbocycles. The van der Waals surface area contributed by atoms with E-state index in [9.17, 15) is 13.6 Å². The summed E-state index contributed by atoms with van der Waals surface area (Å²) in [6.07, 6.45) is 0.822. The van der Waals surface area contributed by atoms with E-state index in [-0.39, 0.29) is 11.5 Å². The van der Waals surface area contributed by atoms with Crippen LogP contribution in [0.5, 0.6) is 0 Å². The van der Waals surface area contributed by atoms with Crippen LogP contribution >= 0.6 is 11.8 Å². The predicted octanol–water partition coefficient (Wildman–Crippen LogP) is 4.50. The molecule has 0 radical (unpaired) electrons. The number of carbonyl (C=O) groups is 1. The van der Waals surface area contributed by atoms with Crippen molar-refractivity contribution in [1.82, 2.24) is 0 Å². The summed E-state index contributed by atoms with van der Waals surface area (Å²) in [5.41, 5.74) is 0.832. The van der Waals surface area contributed by atoms with Crippen LogP contribution in [0.1, 0.15) is 23.7 Å². The Morgan fingerprint density at radius 1 is 1.18 bits per heavy atom. The number of halogens is 2. The Morgan fingerprint density at radius 2 is 1.86 bits per heavy atom. The van der Waals surface area contributed by atoms with Crippen LogP contribution in [0, 0.1) is 11.6 Å². The summed E-state index contributed by atoms with van der Waals surface area (Å²) in [7, 11) is 0. The SMILES string of the molecule is CC1CCN(C(=O)c2cc(F)cc(F)c2)c2ccccc2S1. The first-order chi connectivity index (χ1) is 10.5. The number of anilines is 1. The van der Waals surface area contributed by atoms with E-state index in [0.29, 0.717) is 11.8 Å². The quantitative estimate of drug-likeness (QED) is 0.771. The van der Waals surface area contributed by atoms with Crippen molar-refractivity contribution in [3.05, 3.63) is 59.7 Å². The Kier molecular flexibility index (Phi) is 4.16. The Labute approximate surface area is 132 Å². The van der Waals surface area contributed by atoms with Gasteiger partial charge in [0, 0.05) is 28.3 Å². The van der Waals surface area contributed by atoms with Crippen molar-refractivity contribution in [1.29, 1.82) is 0 Å². The highest BCUT2D eigenvalue weighted by molar-refractivity contribution is 8.00. The van der Waals surface area contributed by atoms with Crippen molar-refractivity contribution in [2.45, 2.75) is 23.5 Å². The summed E-state index contributed by atoms with van der Waals surface area (Å²) in [6.45, 7) is 2.64. The van der Waals surface area contributed by atoms with E-state index in [1.807, 2.05) is 24.3 Å². The van der Waals surface area contributed by atoms with Gasteiger partial charge < -0.3 is 4.90 Å². The molecular weight excluding hydrogens is 304 g/mol. The lowest BCUT2D eigenvalue weighted by molar-refractivity contribution is 0.0985. The Hall–Kier alpha value is -1.88. The summed E-state index contributed by atoms with van der Waals surface area (Å²) in [5.74, 6) is -1.86. The van der Waals surface area contributed by atoms with Gasteiger partial charge >= 0.3 is 0 Å². The van der Waals surface area contributed by atoms with Gasteiger partial charge in [0.2, 0.25) is 0 Å².